The molecule has 0 atom stereocenters. The second kappa shape index (κ2) is 9.77. The Labute approximate surface area is 124 Å². The minimum atomic E-state index is -0.386. The second-order valence-corrected chi connectivity index (χ2v) is 4.38. The quantitative estimate of drug-likeness (QED) is 0.502. The number of nitrogens with zero attached hydrogens (tertiary/aromatic N) is 1. The maximum atomic E-state index is 11.3. The fourth-order valence-electron chi connectivity index (χ4n) is 1.70. The predicted molar refractivity (Wildman–Crippen MR) is 77.0 cm³/mol. The summed E-state index contributed by atoms with van der Waals surface area (Å²) in [6.45, 7) is 1.15. The van der Waals surface area contributed by atoms with Gasteiger partial charge in [0, 0.05) is 6.54 Å². The van der Waals surface area contributed by atoms with Gasteiger partial charge in [-0.1, -0.05) is 18.2 Å². The van der Waals surface area contributed by atoms with Crippen LogP contribution in [0, 0.1) is 0 Å². The van der Waals surface area contributed by atoms with Crippen LogP contribution in [0.5, 0.6) is 5.75 Å². The van der Waals surface area contributed by atoms with Crippen LogP contribution >= 0.6 is 0 Å². The molecule has 0 aliphatic heterocycles. The fourth-order valence-corrected chi connectivity index (χ4v) is 1.70. The Morgan fingerprint density at radius 1 is 1.00 bits per heavy atom. The number of para-hydroxylation sites is 1. The topological polar surface area (TPSA) is 65.1 Å². The highest BCUT2D eigenvalue weighted by molar-refractivity contribution is 5.74. The van der Waals surface area contributed by atoms with E-state index in [1.165, 1.54) is 14.2 Å². The van der Waals surface area contributed by atoms with Gasteiger partial charge in [-0.3, -0.25) is 14.5 Å². The normalized spacial score (nSPS) is 10.2. The van der Waals surface area contributed by atoms with Gasteiger partial charge in [0.05, 0.1) is 33.9 Å². The molecule has 1 aromatic carbocycles. The first-order valence-corrected chi connectivity index (χ1v) is 6.69. The number of carbonyl (C=O) groups excluding carboxylic acids is 2. The number of esters is 2. The van der Waals surface area contributed by atoms with Crippen molar-refractivity contribution >= 4 is 11.9 Å². The Bertz CT molecular complexity index is 417. The number of ether oxygens (including phenoxy) is 3. The maximum Gasteiger partial charge on any atom is 0.319 e. The first-order chi connectivity index (χ1) is 10.2. The molecular weight excluding hydrogens is 274 g/mol. The molecule has 0 spiro atoms. The third kappa shape index (κ3) is 7.31. The number of carbonyl (C=O) groups is 2. The number of hydrogen-bond donors (Lipinski definition) is 0. The Balaban J connectivity index is 2.34. The second-order valence-electron chi connectivity index (χ2n) is 4.38. The average Bonchev–Trinajstić information content (AvgIpc) is 2.52. The lowest BCUT2D eigenvalue weighted by Gasteiger charge is -2.19. The van der Waals surface area contributed by atoms with Crippen LogP contribution in [0.15, 0.2) is 30.3 Å². The predicted octanol–water partition coefficient (Wildman–Crippen LogP) is 1.10. The lowest BCUT2D eigenvalue weighted by molar-refractivity contribution is -0.145. The molecule has 0 saturated heterocycles. The Morgan fingerprint density at radius 3 is 2.10 bits per heavy atom. The largest absolute Gasteiger partial charge is 0.494 e. The van der Waals surface area contributed by atoms with Crippen molar-refractivity contribution in [2.24, 2.45) is 0 Å². The van der Waals surface area contributed by atoms with Crippen molar-refractivity contribution in [2.75, 3.05) is 40.5 Å². The smallest absolute Gasteiger partial charge is 0.319 e. The lowest BCUT2D eigenvalue weighted by Crippen LogP contribution is -2.36. The zero-order valence-corrected chi connectivity index (χ0v) is 12.4. The summed E-state index contributed by atoms with van der Waals surface area (Å²) in [6.07, 6.45) is 0.683. The van der Waals surface area contributed by atoms with E-state index in [1.807, 2.05) is 30.3 Å². The van der Waals surface area contributed by atoms with Crippen LogP contribution in [-0.4, -0.2) is 57.3 Å². The van der Waals surface area contributed by atoms with Crippen LogP contribution < -0.4 is 4.74 Å². The van der Waals surface area contributed by atoms with Gasteiger partial charge >= 0.3 is 11.9 Å². The maximum absolute atomic E-state index is 11.3. The average molecular weight is 295 g/mol. The molecule has 0 N–H and O–H groups in total. The summed E-state index contributed by atoms with van der Waals surface area (Å²) in [6, 6.07) is 9.47. The minimum absolute atomic E-state index is 0.0525. The van der Waals surface area contributed by atoms with Crippen LogP contribution in [0.2, 0.25) is 0 Å². The highest BCUT2D eigenvalue weighted by atomic mass is 16.5. The van der Waals surface area contributed by atoms with Gasteiger partial charge in [-0.05, 0) is 18.6 Å². The molecule has 21 heavy (non-hydrogen) atoms. The third-order valence-electron chi connectivity index (χ3n) is 2.79. The van der Waals surface area contributed by atoms with Crippen LogP contribution in [0.4, 0.5) is 0 Å². The molecule has 0 radical (unpaired) electrons. The van der Waals surface area contributed by atoms with Gasteiger partial charge in [0.1, 0.15) is 5.75 Å². The molecule has 0 aromatic heterocycles. The van der Waals surface area contributed by atoms with Crippen molar-refractivity contribution in [3.05, 3.63) is 30.3 Å². The Morgan fingerprint density at radius 2 is 1.57 bits per heavy atom. The van der Waals surface area contributed by atoms with Crippen molar-refractivity contribution < 1.29 is 23.8 Å². The zero-order valence-electron chi connectivity index (χ0n) is 12.4. The highest BCUT2D eigenvalue weighted by Gasteiger charge is 2.14. The van der Waals surface area contributed by atoms with E-state index in [-0.39, 0.29) is 25.0 Å². The van der Waals surface area contributed by atoms with Gasteiger partial charge in [0.15, 0.2) is 0 Å². The number of hydrogen-bond acceptors (Lipinski definition) is 6. The van der Waals surface area contributed by atoms with Crippen LogP contribution in [0.1, 0.15) is 6.42 Å². The molecule has 1 rings (SSSR count). The standard InChI is InChI=1S/C15H21NO5/c1-19-14(17)11-16(12-15(18)20-2)9-6-10-21-13-7-4-3-5-8-13/h3-5,7-8H,6,9-12H2,1-2H3. The van der Waals surface area contributed by atoms with Gasteiger partial charge < -0.3 is 14.2 Å². The van der Waals surface area contributed by atoms with Crippen molar-refractivity contribution in [1.29, 1.82) is 0 Å². The van der Waals surface area contributed by atoms with E-state index in [9.17, 15) is 9.59 Å². The fraction of sp³-hybridized carbons (Fsp3) is 0.467. The summed E-state index contributed by atoms with van der Waals surface area (Å²) in [7, 11) is 2.63. The molecule has 0 amide bonds. The van der Waals surface area contributed by atoms with E-state index in [2.05, 4.69) is 9.47 Å². The van der Waals surface area contributed by atoms with Crippen LogP contribution in [0.3, 0.4) is 0 Å². The van der Waals surface area contributed by atoms with E-state index < -0.39 is 0 Å². The zero-order chi connectivity index (χ0) is 15.5. The third-order valence-corrected chi connectivity index (χ3v) is 2.79. The van der Waals surface area contributed by atoms with Gasteiger partial charge in [-0.15, -0.1) is 0 Å². The summed E-state index contributed by atoms with van der Waals surface area (Å²) in [5.41, 5.74) is 0. The Hall–Kier alpha value is -2.08. The molecule has 6 heteroatoms. The molecule has 116 valence electrons. The summed E-state index contributed by atoms with van der Waals surface area (Å²) in [5.74, 6) is 0.0238. The lowest BCUT2D eigenvalue weighted by atomic mass is 10.3. The van der Waals surface area contributed by atoms with Gasteiger partial charge in [-0.2, -0.15) is 0 Å². The summed E-state index contributed by atoms with van der Waals surface area (Å²) >= 11 is 0. The van der Waals surface area contributed by atoms with E-state index in [4.69, 9.17) is 4.74 Å². The van der Waals surface area contributed by atoms with E-state index in [0.717, 1.165) is 5.75 Å². The molecule has 0 aliphatic carbocycles. The van der Waals surface area contributed by atoms with Crippen molar-refractivity contribution in [3.63, 3.8) is 0 Å². The molecule has 1 aromatic rings. The molecular formula is C15H21NO5. The van der Waals surface area contributed by atoms with E-state index in [0.29, 0.717) is 19.6 Å². The van der Waals surface area contributed by atoms with Gasteiger partial charge in [0.25, 0.3) is 0 Å². The molecule has 0 bridgehead atoms. The monoisotopic (exact) mass is 295 g/mol. The number of methoxy groups -OCH3 is 2. The van der Waals surface area contributed by atoms with Gasteiger partial charge in [-0.25, -0.2) is 0 Å². The first kappa shape index (κ1) is 17.0. The van der Waals surface area contributed by atoms with Crippen molar-refractivity contribution in [1.82, 2.24) is 4.90 Å². The van der Waals surface area contributed by atoms with Crippen LogP contribution in [0.25, 0.3) is 0 Å². The van der Waals surface area contributed by atoms with Crippen molar-refractivity contribution in [3.8, 4) is 5.75 Å². The summed E-state index contributed by atoms with van der Waals surface area (Å²) in [4.78, 5) is 24.3. The molecule has 0 heterocycles. The molecule has 0 saturated carbocycles. The minimum Gasteiger partial charge on any atom is -0.494 e. The van der Waals surface area contributed by atoms with E-state index >= 15 is 0 Å². The first-order valence-electron chi connectivity index (χ1n) is 6.69. The van der Waals surface area contributed by atoms with E-state index in [1.54, 1.807) is 4.90 Å². The van der Waals surface area contributed by atoms with Gasteiger partial charge in [0.2, 0.25) is 0 Å². The highest BCUT2D eigenvalue weighted by Crippen LogP contribution is 2.08. The Kier molecular flexibility index (Phi) is 7.89. The molecule has 6 nitrogen and oxygen atoms in total. The summed E-state index contributed by atoms with van der Waals surface area (Å²) < 4.78 is 14.8. The SMILES string of the molecule is COC(=O)CN(CCCOc1ccccc1)CC(=O)OC. The molecule has 0 unspecified atom stereocenters. The van der Waals surface area contributed by atoms with Crippen molar-refractivity contribution in [2.45, 2.75) is 6.42 Å². The molecule has 0 fully saturated rings. The summed E-state index contributed by atoms with van der Waals surface area (Å²) in [5, 5.41) is 0. The number of benzene rings is 1. The number of rotatable bonds is 9. The van der Waals surface area contributed by atoms with Crippen LogP contribution in [-0.2, 0) is 19.1 Å². The molecule has 0 aliphatic rings.